The van der Waals surface area contributed by atoms with Crippen LogP contribution in [0.25, 0.3) is 0 Å². The van der Waals surface area contributed by atoms with E-state index in [2.05, 4.69) is 4.90 Å². The lowest BCUT2D eigenvalue weighted by atomic mass is 10.0. The fourth-order valence-electron chi connectivity index (χ4n) is 3.40. The third-order valence-corrected chi connectivity index (χ3v) is 4.88. The van der Waals surface area contributed by atoms with Gasteiger partial charge in [-0.15, -0.1) is 0 Å². The number of carbonyl (C=O) groups is 1. The van der Waals surface area contributed by atoms with Crippen LogP contribution in [-0.2, 0) is 11.3 Å². The standard InChI is InChI=1S/C18H26N2O/c19-16-8-5-15(6-9-16)13-20(17-10-11-17)18(21)12-7-14-3-1-2-4-14/h5-6,8-9,14,17H,1-4,7,10-13,19H2. The van der Waals surface area contributed by atoms with Gasteiger partial charge in [0.1, 0.15) is 0 Å². The molecule has 0 spiro atoms. The molecule has 114 valence electrons. The van der Waals surface area contributed by atoms with Gasteiger partial charge < -0.3 is 10.6 Å². The summed E-state index contributed by atoms with van der Waals surface area (Å²) >= 11 is 0. The Kier molecular flexibility index (Phi) is 4.47. The van der Waals surface area contributed by atoms with Crippen LogP contribution in [0.4, 0.5) is 5.69 Å². The molecule has 3 rings (SSSR count). The van der Waals surface area contributed by atoms with Crippen molar-refractivity contribution in [2.75, 3.05) is 5.73 Å². The van der Waals surface area contributed by atoms with Gasteiger partial charge in [-0.05, 0) is 42.9 Å². The summed E-state index contributed by atoms with van der Waals surface area (Å²) in [5, 5.41) is 0. The summed E-state index contributed by atoms with van der Waals surface area (Å²) < 4.78 is 0. The molecule has 2 fully saturated rings. The van der Waals surface area contributed by atoms with E-state index in [-0.39, 0.29) is 0 Å². The second-order valence-corrected chi connectivity index (χ2v) is 6.68. The maximum absolute atomic E-state index is 12.6. The van der Waals surface area contributed by atoms with Gasteiger partial charge in [-0.2, -0.15) is 0 Å². The second kappa shape index (κ2) is 6.50. The molecule has 2 N–H and O–H groups in total. The molecule has 3 nitrogen and oxygen atoms in total. The van der Waals surface area contributed by atoms with E-state index in [4.69, 9.17) is 5.73 Å². The summed E-state index contributed by atoms with van der Waals surface area (Å²) in [7, 11) is 0. The predicted octanol–water partition coefficient (Wildman–Crippen LogP) is 3.73. The fourth-order valence-corrected chi connectivity index (χ4v) is 3.40. The highest BCUT2D eigenvalue weighted by Crippen LogP contribution is 2.32. The molecular weight excluding hydrogens is 260 g/mol. The van der Waals surface area contributed by atoms with Gasteiger partial charge in [-0.1, -0.05) is 37.8 Å². The molecule has 1 aromatic carbocycles. The molecule has 0 atom stereocenters. The number of anilines is 1. The van der Waals surface area contributed by atoms with Crippen molar-refractivity contribution in [3.05, 3.63) is 29.8 Å². The van der Waals surface area contributed by atoms with E-state index in [1.807, 2.05) is 24.3 Å². The minimum Gasteiger partial charge on any atom is -0.399 e. The van der Waals surface area contributed by atoms with Crippen LogP contribution in [0.5, 0.6) is 0 Å². The molecule has 0 bridgehead atoms. The minimum absolute atomic E-state index is 0.348. The topological polar surface area (TPSA) is 46.3 Å². The summed E-state index contributed by atoms with van der Waals surface area (Å²) in [5.74, 6) is 1.15. The number of nitrogen functional groups attached to an aromatic ring is 1. The molecule has 0 heterocycles. The zero-order chi connectivity index (χ0) is 14.7. The Hall–Kier alpha value is -1.51. The molecule has 2 saturated carbocycles. The number of hydrogen-bond acceptors (Lipinski definition) is 2. The first kappa shape index (κ1) is 14.4. The van der Waals surface area contributed by atoms with E-state index in [9.17, 15) is 4.79 Å². The van der Waals surface area contributed by atoms with Gasteiger partial charge in [0.25, 0.3) is 0 Å². The van der Waals surface area contributed by atoms with E-state index in [0.29, 0.717) is 11.9 Å². The SMILES string of the molecule is Nc1ccc(CN(C(=O)CCC2CCCC2)C2CC2)cc1. The van der Waals surface area contributed by atoms with Crippen LogP contribution in [0, 0.1) is 5.92 Å². The van der Waals surface area contributed by atoms with E-state index in [1.54, 1.807) is 0 Å². The second-order valence-electron chi connectivity index (χ2n) is 6.68. The molecule has 2 aliphatic rings. The Morgan fingerprint density at radius 3 is 2.38 bits per heavy atom. The monoisotopic (exact) mass is 286 g/mol. The van der Waals surface area contributed by atoms with Crippen LogP contribution in [0.2, 0.25) is 0 Å². The van der Waals surface area contributed by atoms with Crippen molar-refractivity contribution >= 4 is 11.6 Å². The van der Waals surface area contributed by atoms with Crippen LogP contribution in [0.15, 0.2) is 24.3 Å². The zero-order valence-corrected chi connectivity index (χ0v) is 12.8. The number of carbonyl (C=O) groups excluding carboxylic acids is 1. The first-order valence-corrected chi connectivity index (χ1v) is 8.36. The molecule has 0 unspecified atom stereocenters. The summed E-state index contributed by atoms with van der Waals surface area (Å²) in [5.41, 5.74) is 7.69. The Labute approximate surface area is 127 Å². The van der Waals surface area contributed by atoms with Crippen LogP contribution in [0.3, 0.4) is 0 Å². The summed E-state index contributed by atoms with van der Waals surface area (Å²) in [4.78, 5) is 14.7. The normalized spacial score (nSPS) is 18.9. The number of benzene rings is 1. The number of amides is 1. The third kappa shape index (κ3) is 3.99. The smallest absolute Gasteiger partial charge is 0.223 e. The number of nitrogens with two attached hydrogens (primary N) is 1. The molecule has 1 amide bonds. The Morgan fingerprint density at radius 1 is 1.10 bits per heavy atom. The highest BCUT2D eigenvalue weighted by Gasteiger charge is 2.32. The average molecular weight is 286 g/mol. The van der Waals surface area contributed by atoms with Crippen molar-refractivity contribution in [1.29, 1.82) is 0 Å². The van der Waals surface area contributed by atoms with Gasteiger partial charge in [0.05, 0.1) is 0 Å². The Bertz CT molecular complexity index is 472. The summed E-state index contributed by atoms with van der Waals surface area (Å²) in [6, 6.07) is 8.40. The Balaban J connectivity index is 1.55. The fraction of sp³-hybridized carbons (Fsp3) is 0.611. The highest BCUT2D eigenvalue weighted by molar-refractivity contribution is 5.77. The number of hydrogen-bond donors (Lipinski definition) is 1. The van der Waals surface area contributed by atoms with Crippen molar-refractivity contribution < 1.29 is 4.79 Å². The van der Waals surface area contributed by atoms with Crippen LogP contribution in [0.1, 0.15) is 56.9 Å². The van der Waals surface area contributed by atoms with Gasteiger partial charge in [0.15, 0.2) is 0 Å². The quantitative estimate of drug-likeness (QED) is 0.810. The third-order valence-electron chi connectivity index (χ3n) is 4.88. The predicted molar refractivity (Wildman–Crippen MR) is 85.6 cm³/mol. The molecular formula is C18H26N2O. The van der Waals surface area contributed by atoms with Gasteiger partial charge in [-0.25, -0.2) is 0 Å². The molecule has 21 heavy (non-hydrogen) atoms. The van der Waals surface area contributed by atoms with Crippen molar-refractivity contribution in [2.45, 2.75) is 64.0 Å². The lowest BCUT2D eigenvalue weighted by Crippen LogP contribution is -2.32. The molecule has 0 aliphatic heterocycles. The van der Waals surface area contributed by atoms with Crippen LogP contribution < -0.4 is 5.73 Å². The van der Waals surface area contributed by atoms with E-state index < -0.39 is 0 Å². The molecule has 0 saturated heterocycles. The molecule has 1 aromatic rings. The molecule has 0 aromatic heterocycles. The molecule has 3 heteroatoms. The first-order chi connectivity index (χ1) is 10.2. The maximum Gasteiger partial charge on any atom is 0.223 e. The van der Waals surface area contributed by atoms with Crippen molar-refractivity contribution in [3.63, 3.8) is 0 Å². The number of rotatable bonds is 6. The molecule has 2 aliphatic carbocycles. The lowest BCUT2D eigenvalue weighted by molar-refractivity contribution is -0.132. The Morgan fingerprint density at radius 2 is 1.76 bits per heavy atom. The first-order valence-electron chi connectivity index (χ1n) is 8.36. The van der Waals surface area contributed by atoms with Crippen molar-refractivity contribution in [2.24, 2.45) is 5.92 Å². The van der Waals surface area contributed by atoms with Crippen LogP contribution in [-0.4, -0.2) is 16.8 Å². The van der Waals surface area contributed by atoms with E-state index in [1.165, 1.54) is 44.1 Å². The van der Waals surface area contributed by atoms with Gasteiger partial charge in [0.2, 0.25) is 5.91 Å². The van der Waals surface area contributed by atoms with Crippen molar-refractivity contribution in [3.8, 4) is 0 Å². The largest absolute Gasteiger partial charge is 0.399 e. The minimum atomic E-state index is 0.348. The number of nitrogens with zero attached hydrogens (tertiary/aromatic N) is 1. The highest BCUT2D eigenvalue weighted by atomic mass is 16.2. The van der Waals surface area contributed by atoms with Crippen LogP contribution >= 0.6 is 0 Å². The van der Waals surface area contributed by atoms with Gasteiger partial charge in [-0.3, -0.25) is 4.79 Å². The van der Waals surface area contributed by atoms with E-state index in [0.717, 1.165) is 31.0 Å². The van der Waals surface area contributed by atoms with Gasteiger partial charge >= 0.3 is 0 Å². The maximum atomic E-state index is 12.6. The zero-order valence-electron chi connectivity index (χ0n) is 12.8. The van der Waals surface area contributed by atoms with E-state index >= 15 is 0 Å². The average Bonchev–Trinajstić information content (AvgIpc) is 3.19. The summed E-state index contributed by atoms with van der Waals surface area (Å²) in [6.07, 6.45) is 9.53. The molecule has 0 radical (unpaired) electrons. The summed E-state index contributed by atoms with van der Waals surface area (Å²) in [6.45, 7) is 0.744. The lowest BCUT2D eigenvalue weighted by Gasteiger charge is -2.23. The van der Waals surface area contributed by atoms with Crippen molar-refractivity contribution in [1.82, 2.24) is 4.90 Å². The van der Waals surface area contributed by atoms with Gasteiger partial charge in [0, 0.05) is 24.7 Å².